The average molecular weight is 575 g/mol. The van der Waals surface area contributed by atoms with Gasteiger partial charge in [-0.05, 0) is 48.3 Å². The Labute approximate surface area is 243 Å². The van der Waals surface area contributed by atoms with E-state index in [1.807, 2.05) is 6.07 Å². The number of fused-ring (bicyclic) bond motifs is 3. The van der Waals surface area contributed by atoms with Crippen molar-refractivity contribution in [1.29, 1.82) is 0 Å². The van der Waals surface area contributed by atoms with Crippen molar-refractivity contribution >= 4 is 11.8 Å². The fourth-order valence-corrected chi connectivity index (χ4v) is 7.53. The van der Waals surface area contributed by atoms with Crippen molar-refractivity contribution in [3.8, 4) is 0 Å². The largest absolute Gasteiger partial charge is 0.450 e. The summed E-state index contributed by atoms with van der Waals surface area (Å²) >= 11 is 0. The number of rotatable bonds is 11. The first-order valence-corrected chi connectivity index (χ1v) is 14.4. The maximum absolute atomic E-state index is 13.9. The molecule has 0 unspecified atom stereocenters. The van der Waals surface area contributed by atoms with Crippen LogP contribution in [0.3, 0.4) is 0 Å². The summed E-state index contributed by atoms with van der Waals surface area (Å²) in [6.07, 6.45) is 0.284. The van der Waals surface area contributed by atoms with E-state index in [4.69, 9.17) is 33.2 Å². The lowest BCUT2D eigenvalue weighted by atomic mass is 9.48. The fraction of sp³-hybridized carbons (Fsp3) is 0.688. The zero-order valence-corrected chi connectivity index (χ0v) is 25.3. The first-order valence-electron chi connectivity index (χ1n) is 14.4. The molecule has 0 saturated heterocycles. The number of ketones is 1. The molecule has 41 heavy (non-hydrogen) atoms. The van der Waals surface area contributed by atoms with E-state index >= 15 is 0 Å². The Hall–Kier alpha value is -2.14. The molecule has 3 fully saturated rings. The van der Waals surface area contributed by atoms with Gasteiger partial charge in [-0.1, -0.05) is 45.5 Å². The number of hydrogen-bond donors (Lipinski definition) is 0. The van der Waals surface area contributed by atoms with Crippen LogP contribution in [0, 0.1) is 28.6 Å². The van der Waals surface area contributed by atoms with E-state index in [-0.39, 0.29) is 56.4 Å². The summed E-state index contributed by atoms with van der Waals surface area (Å²) in [4.78, 5) is 27.1. The van der Waals surface area contributed by atoms with Crippen LogP contribution in [-0.4, -0.2) is 77.9 Å². The van der Waals surface area contributed by atoms with Gasteiger partial charge in [-0.15, -0.1) is 0 Å². The molecule has 9 nitrogen and oxygen atoms in total. The molecule has 0 N–H and O–H groups in total. The molecule has 0 aliphatic heterocycles. The quantitative estimate of drug-likeness (QED) is 0.210. The topological polar surface area (TPSA) is 98.8 Å². The normalized spacial score (nSPS) is 34.8. The summed E-state index contributed by atoms with van der Waals surface area (Å²) in [5.74, 6) is -1.24. The molecule has 1 aromatic carbocycles. The smallest absolute Gasteiger partial charge is 0.338 e. The van der Waals surface area contributed by atoms with Crippen molar-refractivity contribution in [2.24, 2.45) is 28.6 Å². The van der Waals surface area contributed by atoms with E-state index in [1.54, 1.807) is 45.6 Å². The fourth-order valence-electron chi connectivity index (χ4n) is 7.53. The maximum atomic E-state index is 13.9. The minimum atomic E-state index is -0.897. The number of methoxy groups -OCH3 is 3. The third-order valence-electron chi connectivity index (χ3n) is 9.83. The minimum Gasteiger partial charge on any atom is -0.450 e. The van der Waals surface area contributed by atoms with Gasteiger partial charge in [0, 0.05) is 45.0 Å². The van der Waals surface area contributed by atoms with Gasteiger partial charge in [-0.2, -0.15) is 0 Å². The Balaban J connectivity index is 1.80. The van der Waals surface area contributed by atoms with Crippen molar-refractivity contribution in [2.75, 3.05) is 41.7 Å². The van der Waals surface area contributed by atoms with E-state index in [0.717, 1.165) is 18.4 Å². The van der Waals surface area contributed by atoms with E-state index in [2.05, 4.69) is 27.4 Å². The van der Waals surface area contributed by atoms with E-state index in [9.17, 15) is 9.59 Å². The summed E-state index contributed by atoms with van der Waals surface area (Å²) < 4.78 is 41.0. The van der Waals surface area contributed by atoms with Gasteiger partial charge in [0.2, 0.25) is 0 Å². The van der Waals surface area contributed by atoms with Crippen molar-refractivity contribution in [3.05, 3.63) is 48.0 Å². The van der Waals surface area contributed by atoms with Crippen molar-refractivity contribution in [2.45, 2.75) is 70.9 Å². The molecule has 4 rings (SSSR count). The second kappa shape index (κ2) is 13.4. The van der Waals surface area contributed by atoms with Crippen LogP contribution in [0.15, 0.2) is 42.5 Å². The third kappa shape index (κ3) is 6.31. The van der Waals surface area contributed by atoms with Crippen molar-refractivity contribution < 1.29 is 42.7 Å². The highest BCUT2D eigenvalue weighted by molar-refractivity contribution is 5.93. The Morgan fingerprint density at radius 1 is 0.927 bits per heavy atom. The lowest BCUT2D eigenvalue weighted by molar-refractivity contribution is -0.248. The zero-order valence-electron chi connectivity index (χ0n) is 25.3. The monoisotopic (exact) mass is 574 g/mol. The zero-order chi connectivity index (χ0) is 29.8. The number of Topliss-reactive ketones (excluding diaryl/α,β-unsaturated/α-hetero) is 1. The van der Waals surface area contributed by atoms with E-state index < -0.39 is 35.1 Å². The van der Waals surface area contributed by atoms with Crippen LogP contribution >= 0.6 is 0 Å². The van der Waals surface area contributed by atoms with Crippen LogP contribution in [0.1, 0.15) is 56.8 Å². The Kier molecular flexibility index (Phi) is 10.4. The first kappa shape index (κ1) is 31.8. The van der Waals surface area contributed by atoms with Gasteiger partial charge < -0.3 is 33.2 Å². The van der Waals surface area contributed by atoms with E-state index in [1.165, 1.54) is 0 Å². The van der Waals surface area contributed by atoms with Crippen LogP contribution in [0.4, 0.5) is 0 Å². The van der Waals surface area contributed by atoms with Gasteiger partial charge in [0.15, 0.2) is 11.9 Å². The van der Waals surface area contributed by atoms with Crippen LogP contribution in [0.5, 0.6) is 0 Å². The molecule has 0 amide bonds. The lowest BCUT2D eigenvalue weighted by Crippen LogP contribution is -2.64. The molecule has 228 valence electrons. The minimum absolute atomic E-state index is 0.0522. The molecule has 0 aromatic heterocycles. The summed E-state index contributed by atoms with van der Waals surface area (Å²) in [6, 6.07) is 8.80. The van der Waals surface area contributed by atoms with Gasteiger partial charge in [0.1, 0.15) is 20.4 Å². The number of carbonyl (C=O) groups is 2. The highest BCUT2D eigenvalue weighted by Gasteiger charge is 2.62. The molecule has 8 atom stereocenters. The van der Waals surface area contributed by atoms with Gasteiger partial charge in [-0.25, -0.2) is 4.79 Å². The Morgan fingerprint density at radius 3 is 2.22 bits per heavy atom. The predicted molar refractivity (Wildman–Crippen MR) is 151 cm³/mol. The Bertz CT molecular complexity index is 1060. The molecule has 0 heterocycles. The molecular formula is C32H46O9. The van der Waals surface area contributed by atoms with Crippen molar-refractivity contribution in [1.82, 2.24) is 0 Å². The van der Waals surface area contributed by atoms with Crippen LogP contribution in [0.25, 0.3) is 0 Å². The Morgan fingerprint density at radius 2 is 1.56 bits per heavy atom. The molecule has 3 saturated carbocycles. The molecular weight excluding hydrogens is 528 g/mol. The van der Waals surface area contributed by atoms with Crippen molar-refractivity contribution in [3.63, 3.8) is 0 Å². The number of hydrogen-bond acceptors (Lipinski definition) is 9. The molecule has 1 aromatic rings. The summed E-state index contributed by atoms with van der Waals surface area (Å²) in [6.45, 7) is 11.3. The van der Waals surface area contributed by atoms with Gasteiger partial charge in [-0.3, -0.25) is 4.79 Å². The number of esters is 1. The number of ether oxygens (including phenoxy) is 7. The highest BCUT2D eigenvalue weighted by atomic mass is 16.7. The molecule has 0 radical (unpaired) electrons. The summed E-state index contributed by atoms with van der Waals surface area (Å²) in [5, 5.41) is 0. The van der Waals surface area contributed by atoms with Gasteiger partial charge in [0.05, 0.1) is 23.9 Å². The number of benzene rings is 1. The van der Waals surface area contributed by atoms with E-state index in [0.29, 0.717) is 12.0 Å². The van der Waals surface area contributed by atoms with Gasteiger partial charge >= 0.3 is 5.97 Å². The lowest BCUT2D eigenvalue weighted by Gasteiger charge is -2.60. The standard InChI is InChI=1S/C32H46O9/c1-20-22-15-23-27(41-30(34)21-11-9-8-10-12-21)25(33)16-24(31(23,2)3)28(39-18-36-6)29(40-19-37-7)32(22,4)14-13-26(20)38-17-35-5/h8-12,22-24,26-29H,1,13-19H2,2-7H3/t22-,23+,24+,26+,27+,28-,29+,32-/m1/s1. The van der Waals surface area contributed by atoms with Crippen LogP contribution in [0.2, 0.25) is 0 Å². The van der Waals surface area contributed by atoms with Crippen LogP contribution < -0.4 is 0 Å². The summed E-state index contributed by atoms with van der Waals surface area (Å²) in [5.41, 5.74) is 0.445. The second-order valence-corrected chi connectivity index (χ2v) is 12.4. The second-order valence-electron chi connectivity index (χ2n) is 12.4. The maximum Gasteiger partial charge on any atom is 0.338 e. The average Bonchev–Trinajstić information content (AvgIpc) is 2.95. The summed E-state index contributed by atoms with van der Waals surface area (Å²) in [7, 11) is 4.77. The number of carbonyl (C=O) groups excluding carboxylic acids is 2. The first-order chi connectivity index (χ1) is 19.6. The molecule has 3 aliphatic carbocycles. The SMILES string of the molecule is C=C1[C@@H](OCOC)CC[C@]2(C)[C@@H]1C[C@H]1[C@H](OC(=O)c3ccccc3)C(=O)C[C@@H]([C@@H](OCOC)[C@@H]2OCOC)C1(C)C. The molecule has 3 aliphatic rings. The molecule has 9 heteroatoms. The molecule has 2 bridgehead atoms. The highest BCUT2D eigenvalue weighted by Crippen LogP contribution is 2.60. The molecule has 0 spiro atoms. The third-order valence-corrected chi connectivity index (χ3v) is 9.83. The van der Waals surface area contributed by atoms with Gasteiger partial charge in [0.25, 0.3) is 0 Å². The van der Waals surface area contributed by atoms with Crippen LogP contribution in [-0.2, 0) is 38.0 Å². The predicted octanol–water partition coefficient (Wildman–Crippen LogP) is 4.79.